The number of anilines is 1. The average Bonchev–Trinajstić information content (AvgIpc) is 2.47. The fourth-order valence-electron chi connectivity index (χ4n) is 1.98. The van der Waals surface area contributed by atoms with Crippen LogP contribution in [0.3, 0.4) is 0 Å². The second-order valence-electron chi connectivity index (χ2n) is 4.72. The van der Waals surface area contributed by atoms with E-state index in [1.165, 1.54) is 4.90 Å². The molecule has 114 valence electrons. The zero-order chi connectivity index (χ0) is 15.5. The number of hydrogen-bond acceptors (Lipinski definition) is 4. The number of carbonyl (C=O) groups is 1. The second-order valence-corrected chi connectivity index (χ2v) is 4.72. The molecule has 8 heteroatoms. The van der Waals surface area contributed by atoms with Crippen molar-refractivity contribution in [3.8, 4) is 0 Å². The molecule has 1 aliphatic rings. The number of allylic oxidation sites excluding steroid dienone is 1. The SMILES string of the molecule is CC(=CC(=O)N1CCN(c2cccnn2)CC1)C(F)(F)F. The number of hydrogen-bond donors (Lipinski definition) is 0. The van der Waals surface area contributed by atoms with Gasteiger partial charge in [-0.25, -0.2) is 0 Å². The Labute approximate surface area is 120 Å². The quantitative estimate of drug-likeness (QED) is 0.779. The summed E-state index contributed by atoms with van der Waals surface area (Å²) in [5.41, 5.74) is -0.885. The Bertz CT molecular complexity index is 522. The maximum absolute atomic E-state index is 12.4. The van der Waals surface area contributed by atoms with Crippen LogP contribution in [-0.4, -0.2) is 53.4 Å². The maximum atomic E-state index is 12.4. The van der Waals surface area contributed by atoms with Gasteiger partial charge in [0.15, 0.2) is 5.82 Å². The van der Waals surface area contributed by atoms with E-state index in [1.54, 1.807) is 18.3 Å². The molecule has 1 aliphatic heterocycles. The summed E-state index contributed by atoms with van der Waals surface area (Å²) in [6, 6.07) is 3.56. The Kier molecular flexibility index (Phi) is 4.44. The summed E-state index contributed by atoms with van der Waals surface area (Å²) >= 11 is 0. The molecule has 0 unspecified atom stereocenters. The summed E-state index contributed by atoms with van der Waals surface area (Å²) in [5.74, 6) is 0.0928. The van der Waals surface area contributed by atoms with E-state index in [1.807, 2.05) is 4.90 Å². The minimum absolute atomic E-state index is 0.358. The van der Waals surface area contributed by atoms with E-state index in [0.29, 0.717) is 38.1 Å². The third-order valence-corrected chi connectivity index (χ3v) is 3.26. The summed E-state index contributed by atoms with van der Waals surface area (Å²) in [5, 5.41) is 7.74. The molecule has 1 saturated heterocycles. The van der Waals surface area contributed by atoms with Crippen LogP contribution in [0.15, 0.2) is 30.0 Å². The summed E-state index contributed by atoms with van der Waals surface area (Å²) in [4.78, 5) is 15.1. The van der Waals surface area contributed by atoms with Gasteiger partial charge in [-0.15, -0.1) is 5.10 Å². The molecule has 1 amide bonds. The highest BCUT2D eigenvalue weighted by molar-refractivity contribution is 5.88. The highest BCUT2D eigenvalue weighted by Gasteiger charge is 2.31. The monoisotopic (exact) mass is 300 g/mol. The smallest absolute Gasteiger partial charge is 0.352 e. The van der Waals surface area contributed by atoms with E-state index in [9.17, 15) is 18.0 Å². The zero-order valence-electron chi connectivity index (χ0n) is 11.5. The minimum Gasteiger partial charge on any atom is -0.352 e. The molecule has 0 bridgehead atoms. The first-order valence-electron chi connectivity index (χ1n) is 6.45. The Morgan fingerprint density at radius 3 is 2.48 bits per heavy atom. The van der Waals surface area contributed by atoms with Crippen molar-refractivity contribution in [1.29, 1.82) is 0 Å². The van der Waals surface area contributed by atoms with Gasteiger partial charge in [0.1, 0.15) is 0 Å². The van der Waals surface area contributed by atoms with Gasteiger partial charge in [0, 0.05) is 44.0 Å². The molecule has 5 nitrogen and oxygen atoms in total. The van der Waals surface area contributed by atoms with Crippen LogP contribution in [-0.2, 0) is 4.79 Å². The average molecular weight is 300 g/mol. The van der Waals surface area contributed by atoms with Crippen LogP contribution < -0.4 is 4.90 Å². The summed E-state index contributed by atoms with van der Waals surface area (Å²) < 4.78 is 37.2. The molecule has 0 N–H and O–H groups in total. The fourth-order valence-corrected chi connectivity index (χ4v) is 1.98. The van der Waals surface area contributed by atoms with E-state index in [-0.39, 0.29) is 0 Å². The van der Waals surface area contributed by atoms with Crippen molar-refractivity contribution < 1.29 is 18.0 Å². The fraction of sp³-hybridized carbons (Fsp3) is 0.462. The number of piperazine rings is 1. The molecule has 0 saturated carbocycles. The first-order chi connectivity index (χ1) is 9.88. The lowest BCUT2D eigenvalue weighted by Gasteiger charge is -2.34. The van der Waals surface area contributed by atoms with E-state index in [0.717, 1.165) is 6.92 Å². The molecule has 0 spiro atoms. The lowest BCUT2D eigenvalue weighted by atomic mass is 10.2. The van der Waals surface area contributed by atoms with Crippen LogP contribution in [0.2, 0.25) is 0 Å². The van der Waals surface area contributed by atoms with Gasteiger partial charge >= 0.3 is 6.18 Å². The van der Waals surface area contributed by atoms with Crippen molar-refractivity contribution in [2.24, 2.45) is 0 Å². The lowest BCUT2D eigenvalue weighted by Crippen LogP contribution is -2.48. The van der Waals surface area contributed by atoms with Crippen molar-refractivity contribution in [3.63, 3.8) is 0 Å². The number of alkyl halides is 3. The Balaban J connectivity index is 1.94. The molecule has 21 heavy (non-hydrogen) atoms. The molecule has 1 aromatic heterocycles. The van der Waals surface area contributed by atoms with E-state index >= 15 is 0 Å². The summed E-state index contributed by atoms with van der Waals surface area (Å²) in [6.45, 7) is 2.65. The Morgan fingerprint density at radius 1 is 1.29 bits per heavy atom. The van der Waals surface area contributed by atoms with Gasteiger partial charge in [-0.05, 0) is 19.1 Å². The van der Waals surface area contributed by atoms with Crippen LogP contribution in [0, 0.1) is 0 Å². The van der Waals surface area contributed by atoms with E-state index < -0.39 is 17.7 Å². The molecule has 0 radical (unpaired) electrons. The maximum Gasteiger partial charge on any atom is 0.412 e. The van der Waals surface area contributed by atoms with E-state index in [2.05, 4.69) is 10.2 Å². The number of amides is 1. The molecule has 2 heterocycles. The Hall–Kier alpha value is -2.12. The number of nitrogens with zero attached hydrogens (tertiary/aromatic N) is 4. The standard InChI is InChI=1S/C13H15F3N4O/c1-10(13(14,15)16)9-12(21)20-7-5-19(6-8-20)11-3-2-4-17-18-11/h2-4,9H,5-8H2,1H3. The predicted octanol–water partition coefficient (Wildman–Crippen LogP) is 1.63. The molecule has 1 aromatic rings. The predicted molar refractivity (Wildman–Crippen MR) is 70.6 cm³/mol. The van der Waals surface area contributed by atoms with Crippen LogP contribution in [0.25, 0.3) is 0 Å². The summed E-state index contributed by atoms with van der Waals surface area (Å²) in [7, 11) is 0. The van der Waals surface area contributed by atoms with Gasteiger partial charge in [-0.1, -0.05) is 0 Å². The van der Waals surface area contributed by atoms with Gasteiger partial charge in [0.25, 0.3) is 0 Å². The molecule has 1 fully saturated rings. The molecular formula is C13H15F3N4O. The van der Waals surface area contributed by atoms with Crippen molar-refractivity contribution in [3.05, 3.63) is 30.0 Å². The number of rotatable bonds is 2. The second kappa shape index (κ2) is 6.11. The van der Waals surface area contributed by atoms with Crippen LogP contribution in [0.4, 0.5) is 19.0 Å². The first kappa shape index (κ1) is 15.3. The lowest BCUT2D eigenvalue weighted by molar-refractivity contribution is -0.127. The summed E-state index contributed by atoms with van der Waals surface area (Å²) in [6.07, 6.45) is -2.25. The topological polar surface area (TPSA) is 49.3 Å². The first-order valence-corrected chi connectivity index (χ1v) is 6.45. The van der Waals surface area contributed by atoms with Crippen molar-refractivity contribution in [1.82, 2.24) is 15.1 Å². The van der Waals surface area contributed by atoms with Gasteiger partial charge < -0.3 is 9.80 Å². The largest absolute Gasteiger partial charge is 0.412 e. The molecule has 0 atom stereocenters. The third kappa shape index (κ3) is 3.93. The van der Waals surface area contributed by atoms with Gasteiger partial charge in [-0.3, -0.25) is 4.79 Å². The van der Waals surface area contributed by atoms with Gasteiger partial charge in [-0.2, -0.15) is 18.3 Å². The van der Waals surface area contributed by atoms with Crippen LogP contribution >= 0.6 is 0 Å². The van der Waals surface area contributed by atoms with Crippen LogP contribution in [0.5, 0.6) is 0 Å². The number of aromatic nitrogens is 2. The minimum atomic E-state index is -4.46. The molecule has 0 aromatic carbocycles. The van der Waals surface area contributed by atoms with Crippen LogP contribution in [0.1, 0.15) is 6.92 Å². The zero-order valence-corrected chi connectivity index (χ0v) is 11.5. The van der Waals surface area contributed by atoms with Gasteiger partial charge in [0.2, 0.25) is 5.91 Å². The van der Waals surface area contributed by atoms with Crippen molar-refractivity contribution in [2.75, 3.05) is 31.1 Å². The molecule has 0 aliphatic carbocycles. The highest BCUT2D eigenvalue weighted by atomic mass is 19.4. The van der Waals surface area contributed by atoms with Gasteiger partial charge in [0.05, 0.1) is 0 Å². The van der Waals surface area contributed by atoms with E-state index in [4.69, 9.17) is 0 Å². The molecule has 2 rings (SSSR count). The Morgan fingerprint density at radius 2 is 1.95 bits per heavy atom. The third-order valence-electron chi connectivity index (χ3n) is 3.26. The number of carbonyl (C=O) groups excluding carboxylic acids is 1. The highest BCUT2D eigenvalue weighted by Crippen LogP contribution is 2.25. The normalized spacial score (nSPS) is 17.0. The number of halogens is 3. The van der Waals surface area contributed by atoms with Crippen molar-refractivity contribution >= 4 is 11.7 Å². The molecular weight excluding hydrogens is 285 g/mol. The van der Waals surface area contributed by atoms with Crippen molar-refractivity contribution in [2.45, 2.75) is 13.1 Å².